The van der Waals surface area contributed by atoms with Crippen molar-refractivity contribution in [2.24, 2.45) is 0 Å². The van der Waals surface area contributed by atoms with Crippen LogP contribution in [0.25, 0.3) is 11.1 Å². The Kier molecular flexibility index (Phi) is 3.01. The molecular weight excluding hydrogens is 200 g/mol. The van der Waals surface area contributed by atoms with Crippen LogP contribution in [-0.4, -0.2) is 13.1 Å². The predicted octanol–water partition coefficient (Wildman–Crippen LogP) is 2.94. The van der Waals surface area contributed by atoms with Gasteiger partial charge in [0.05, 0.1) is 12.7 Å². The number of rotatable bonds is 2. The normalized spacial score (nSPS) is 9.81. The van der Waals surface area contributed by atoms with Crippen LogP contribution in [0.3, 0.4) is 0 Å². The molecule has 2 heteroatoms. The molecule has 0 unspecified atom stereocenters. The predicted molar refractivity (Wildman–Crippen MR) is 62.1 cm³/mol. The highest BCUT2D eigenvalue weighted by Crippen LogP contribution is 2.23. The molecule has 0 aliphatic rings. The number of carbonyl (C=O) groups is 1. The fourth-order valence-electron chi connectivity index (χ4n) is 1.58. The van der Waals surface area contributed by atoms with Crippen LogP contribution in [0.5, 0.6) is 0 Å². The molecular formula is C14H11O2. The zero-order valence-electron chi connectivity index (χ0n) is 8.94. The minimum atomic E-state index is -0.337. The van der Waals surface area contributed by atoms with E-state index in [2.05, 4.69) is 6.07 Å². The average molecular weight is 211 g/mol. The molecule has 0 saturated heterocycles. The summed E-state index contributed by atoms with van der Waals surface area (Å²) in [6.07, 6.45) is 0. The summed E-state index contributed by atoms with van der Waals surface area (Å²) in [5.74, 6) is -0.337. The van der Waals surface area contributed by atoms with Gasteiger partial charge in [0, 0.05) is 0 Å². The van der Waals surface area contributed by atoms with Crippen molar-refractivity contribution in [3.8, 4) is 11.1 Å². The van der Waals surface area contributed by atoms with Gasteiger partial charge in [-0.15, -0.1) is 0 Å². The summed E-state index contributed by atoms with van der Waals surface area (Å²) in [7, 11) is 1.38. The zero-order chi connectivity index (χ0) is 11.4. The van der Waals surface area contributed by atoms with Gasteiger partial charge in [0.25, 0.3) is 0 Å². The molecule has 79 valence electrons. The SMILES string of the molecule is COC(=O)c1c[c]ccc1-c1ccccc1. The summed E-state index contributed by atoms with van der Waals surface area (Å²) in [6.45, 7) is 0. The highest BCUT2D eigenvalue weighted by atomic mass is 16.5. The van der Waals surface area contributed by atoms with Crippen LogP contribution in [0, 0.1) is 6.07 Å². The lowest BCUT2D eigenvalue weighted by atomic mass is 10.00. The molecule has 0 aliphatic heterocycles. The Morgan fingerprint density at radius 2 is 1.94 bits per heavy atom. The Bertz CT molecular complexity index is 489. The van der Waals surface area contributed by atoms with Crippen molar-refractivity contribution in [1.82, 2.24) is 0 Å². The van der Waals surface area contributed by atoms with Gasteiger partial charge < -0.3 is 4.74 Å². The van der Waals surface area contributed by atoms with Crippen LogP contribution in [0.2, 0.25) is 0 Å². The van der Waals surface area contributed by atoms with Crippen LogP contribution in [0.4, 0.5) is 0 Å². The van der Waals surface area contributed by atoms with Crippen molar-refractivity contribution in [2.45, 2.75) is 0 Å². The number of methoxy groups -OCH3 is 1. The van der Waals surface area contributed by atoms with Crippen LogP contribution in [-0.2, 0) is 4.74 Å². The molecule has 1 radical (unpaired) electrons. The van der Waals surface area contributed by atoms with Crippen LogP contribution in [0.1, 0.15) is 10.4 Å². The van der Waals surface area contributed by atoms with E-state index >= 15 is 0 Å². The van der Waals surface area contributed by atoms with E-state index in [0.717, 1.165) is 11.1 Å². The van der Waals surface area contributed by atoms with E-state index in [1.54, 1.807) is 12.1 Å². The number of benzene rings is 2. The number of carbonyl (C=O) groups excluding carboxylic acids is 1. The molecule has 2 aromatic carbocycles. The number of hydrogen-bond donors (Lipinski definition) is 0. The van der Waals surface area contributed by atoms with Crippen molar-refractivity contribution >= 4 is 5.97 Å². The number of ether oxygens (including phenoxy) is 1. The van der Waals surface area contributed by atoms with Crippen molar-refractivity contribution in [2.75, 3.05) is 7.11 Å². The zero-order valence-corrected chi connectivity index (χ0v) is 8.94. The fraction of sp³-hybridized carbons (Fsp3) is 0.0714. The first-order valence-corrected chi connectivity index (χ1v) is 4.97. The maximum absolute atomic E-state index is 11.6. The average Bonchev–Trinajstić information content (AvgIpc) is 2.39. The lowest BCUT2D eigenvalue weighted by Crippen LogP contribution is -2.03. The Hall–Kier alpha value is -2.09. The first-order valence-electron chi connectivity index (χ1n) is 4.97. The number of hydrogen-bond acceptors (Lipinski definition) is 2. The molecule has 0 N–H and O–H groups in total. The van der Waals surface area contributed by atoms with Crippen molar-refractivity contribution in [3.05, 3.63) is 60.2 Å². The van der Waals surface area contributed by atoms with Crippen LogP contribution < -0.4 is 0 Å². The largest absolute Gasteiger partial charge is 0.465 e. The molecule has 0 aliphatic carbocycles. The summed E-state index contributed by atoms with van der Waals surface area (Å²) in [5, 5.41) is 0. The summed E-state index contributed by atoms with van der Waals surface area (Å²) in [4.78, 5) is 11.6. The standard InChI is InChI=1S/C14H11O2/c1-16-14(15)13-10-6-5-9-12(13)11-7-3-2-4-8-11/h2-5,7-10H,1H3. The second-order valence-corrected chi connectivity index (χ2v) is 3.33. The number of esters is 1. The lowest BCUT2D eigenvalue weighted by molar-refractivity contribution is 0.0601. The second-order valence-electron chi connectivity index (χ2n) is 3.33. The van der Waals surface area contributed by atoms with Gasteiger partial charge in [-0.1, -0.05) is 42.5 Å². The van der Waals surface area contributed by atoms with Gasteiger partial charge in [-0.05, 0) is 23.3 Å². The third kappa shape index (κ3) is 1.96. The van der Waals surface area contributed by atoms with E-state index in [-0.39, 0.29) is 5.97 Å². The molecule has 0 heterocycles. The molecule has 0 aromatic heterocycles. The molecule has 16 heavy (non-hydrogen) atoms. The monoisotopic (exact) mass is 211 g/mol. The first kappa shape index (κ1) is 10.4. The molecule has 0 amide bonds. The van der Waals surface area contributed by atoms with Crippen molar-refractivity contribution in [3.63, 3.8) is 0 Å². The van der Waals surface area contributed by atoms with E-state index in [1.165, 1.54) is 7.11 Å². The van der Waals surface area contributed by atoms with Crippen LogP contribution in [0.15, 0.2) is 48.5 Å². The quantitative estimate of drug-likeness (QED) is 0.714. The smallest absolute Gasteiger partial charge is 0.338 e. The lowest BCUT2D eigenvalue weighted by Gasteiger charge is -2.07. The maximum Gasteiger partial charge on any atom is 0.338 e. The summed E-state index contributed by atoms with van der Waals surface area (Å²) in [6, 6.07) is 17.9. The minimum Gasteiger partial charge on any atom is -0.465 e. The van der Waals surface area contributed by atoms with E-state index in [9.17, 15) is 4.79 Å². The molecule has 2 nitrogen and oxygen atoms in total. The molecule has 0 saturated carbocycles. The van der Waals surface area contributed by atoms with Gasteiger partial charge in [-0.25, -0.2) is 4.79 Å². The Morgan fingerprint density at radius 1 is 1.19 bits per heavy atom. The third-order valence-electron chi connectivity index (χ3n) is 2.35. The van der Waals surface area contributed by atoms with Crippen molar-refractivity contribution < 1.29 is 9.53 Å². The van der Waals surface area contributed by atoms with Gasteiger partial charge in [-0.2, -0.15) is 0 Å². The van der Waals surface area contributed by atoms with E-state index in [1.807, 2.05) is 36.4 Å². The highest BCUT2D eigenvalue weighted by molar-refractivity contribution is 5.97. The minimum absolute atomic E-state index is 0.337. The molecule has 0 fully saturated rings. The van der Waals surface area contributed by atoms with Gasteiger partial charge >= 0.3 is 5.97 Å². The molecule has 2 aromatic rings. The van der Waals surface area contributed by atoms with Crippen LogP contribution >= 0.6 is 0 Å². The first-order chi connectivity index (χ1) is 7.83. The van der Waals surface area contributed by atoms with Gasteiger partial charge in [0.2, 0.25) is 0 Å². The summed E-state index contributed by atoms with van der Waals surface area (Å²) < 4.78 is 4.74. The molecule has 0 spiro atoms. The van der Waals surface area contributed by atoms with E-state index in [4.69, 9.17) is 4.74 Å². The highest BCUT2D eigenvalue weighted by Gasteiger charge is 2.11. The maximum atomic E-state index is 11.6. The van der Waals surface area contributed by atoms with E-state index in [0.29, 0.717) is 5.56 Å². The van der Waals surface area contributed by atoms with E-state index < -0.39 is 0 Å². The van der Waals surface area contributed by atoms with Gasteiger partial charge in [0.15, 0.2) is 0 Å². The fourth-order valence-corrected chi connectivity index (χ4v) is 1.58. The van der Waals surface area contributed by atoms with Crippen molar-refractivity contribution in [1.29, 1.82) is 0 Å². The van der Waals surface area contributed by atoms with Gasteiger partial charge in [0.1, 0.15) is 0 Å². The Labute approximate surface area is 94.5 Å². The third-order valence-corrected chi connectivity index (χ3v) is 2.35. The Morgan fingerprint density at radius 3 is 2.62 bits per heavy atom. The summed E-state index contributed by atoms with van der Waals surface area (Å²) in [5.41, 5.74) is 2.40. The topological polar surface area (TPSA) is 26.3 Å². The molecule has 2 rings (SSSR count). The summed E-state index contributed by atoms with van der Waals surface area (Å²) >= 11 is 0. The van der Waals surface area contributed by atoms with Gasteiger partial charge in [-0.3, -0.25) is 0 Å². The second kappa shape index (κ2) is 4.62. The molecule has 0 bridgehead atoms. The Balaban J connectivity index is 2.53. The molecule has 0 atom stereocenters.